The average Bonchev–Trinajstić information content (AvgIpc) is 3.28. The standard InChI is InChI=1S/C15H17N7O/c1-10-18-14(23-20-10)15-4-2-3-11(15)7-22(8-15)12-13-19-17-9-21(13)6-5-16-12/h5-6,9,11H,2-4,7-8H2,1H3/t11-,15-/m0/s1. The van der Waals surface area contributed by atoms with E-state index in [4.69, 9.17) is 4.52 Å². The minimum atomic E-state index is -0.0458. The van der Waals surface area contributed by atoms with Gasteiger partial charge in [0.05, 0.1) is 5.41 Å². The molecule has 118 valence electrons. The number of hydrogen-bond acceptors (Lipinski definition) is 7. The molecule has 23 heavy (non-hydrogen) atoms. The first-order chi connectivity index (χ1) is 11.3. The summed E-state index contributed by atoms with van der Waals surface area (Å²) >= 11 is 0. The van der Waals surface area contributed by atoms with Crippen molar-refractivity contribution in [3.8, 4) is 0 Å². The molecule has 5 rings (SSSR count). The van der Waals surface area contributed by atoms with Crippen molar-refractivity contribution in [2.75, 3.05) is 18.0 Å². The maximum Gasteiger partial charge on any atom is 0.234 e. The first kappa shape index (κ1) is 13.0. The predicted octanol–water partition coefficient (Wildman–Crippen LogP) is 1.37. The van der Waals surface area contributed by atoms with Crippen LogP contribution in [0.5, 0.6) is 0 Å². The lowest BCUT2D eigenvalue weighted by Gasteiger charge is -2.24. The van der Waals surface area contributed by atoms with Crippen molar-refractivity contribution >= 4 is 11.5 Å². The summed E-state index contributed by atoms with van der Waals surface area (Å²) in [4.78, 5) is 11.4. The number of nitrogens with zero attached hydrogens (tertiary/aromatic N) is 7. The molecule has 4 heterocycles. The third kappa shape index (κ3) is 1.74. The number of fused-ring (bicyclic) bond motifs is 2. The minimum Gasteiger partial charge on any atom is -0.352 e. The van der Waals surface area contributed by atoms with Crippen molar-refractivity contribution in [1.82, 2.24) is 29.7 Å². The molecule has 1 aliphatic heterocycles. The first-order valence-electron chi connectivity index (χ1n) is 7.96. The number of aryl methyl sites for hydroxylation is 1. The Morgan fingerprint density at radius 2 is 2.35 bits per heavy atom. The smallest absolute Gasteiger partial charge is 0.234 e. The van der Waals surface area contributed by atoms with E-state index in [0.717, 1.165) is 36.9 Å². The monoisotopic (exact) mass is 311 g/mol. The van der Waals surface area contributed by atoms with E-state index in [1.54, 1.807) is 12.5 Å². The molecule has 0 N–H and O–H groups in total. The lowest BCUT2D eigenvalue weighted by molar-refractivity contribution is 0.265. The van der Waals surface area contributed by atoms with Crippen molar-refractivity contribution in [3.63, 3.8) is 0 Å². The van der Waals surface area contributed by atoms with Gasteiger partial charge in [0.2, 0.25) is 11.5 Å². The quantitative estimate of drug-likeness (QED) is 0.706. The molecule has 1 aliphatic carbocycles. The molecule has 0 radical (unpaired) electrons. The second kappa shape index (κ2) is 4.50. The number of aromatic nitrogens is 6. The molecule has 8 heteroatoms. The molecule has 1 saturated heterocycles. The number of rotatable bonds is 2. The van der Waals surface area contributed by atoms with Crippen LogP contribution in [0.2, 0.25) is 0 Å². The van der Waals surface area contributed by atoms with Gasteiger partial charge in [-0.1, -0.05) is 11.6 Å². The molecule has 2 atom stereocenters. The first-order valence-corrected chi connectivity index (χ1v) is 7.96. The van der Waals surface area contributed by atoms with Crippen molar-refractivity contribution in [2.45, 2.75) is 31.6 Å². The van der Waals surface area contributed by atoms with Crippen molar-refractivity contribution in [1.29, 1.82) is 0 Å². The van der Waals surface area contributed by atoms with E-state index in [0.29, 0.717) is 11.7 Å². The predicted molar refractivity (Wildman–Crippen MR) is 81.0 cm³/mol. The van der Waals surface area contributed by atoms with Crippen molar-refractivity contribution in [3.05, 3.63) is 30.4 Å². The molecule has 3 aromatic rings. The molecule has 0 bridgehead atoms. The fourth-order valence-electron chi connectivity index (χ4n) is 4.27. The van der Waals surface area contributed by atoms with Crippen LogP contribution in [0.25, 0.3) is 5.65 Å². The van der Waals surface area contributed by atoms with Gasteiger partial charge in [0.1, 0.15) is 6.33 Å². The van der Waals surface area contributed by atoms with Crippen LogP contribution in [-0.4, -0.2) is 42.8 Å². The Hall–Kier alpha value is -2.51. The van der Waals surface area contributed by atoms with E-state index in [1.807, 2.05) is 17.5 Å². The van der Waals surface area contributed by atoms with Gasteiger partial charge in [-0.3, -0.25) is 4.40 Å². The van der Waals surface area contributed by atoms with Gasteiger partial charge in [-0.05, 0) is 25.7 Å². The SMILES string of the molecule is Cc1noc([C@]23CCC[C@H]2CN(c2nccn4cnnc24)C3)n1. The summed E-state index contributed by atoms with van der Waals surface area (Å²) in [6, 6.07) is 0. The third-order valence-corrected chi connectivity index (χ3v) is 5.32. The highest BCUT2D eigenvalue weighted by molar-refractivity contribution is 5.64. The zero-order valence-corrected chi connectivity index (χ0v) is 12.9. The van der Waals surface area contributed by atoms with Crippen LogP contribution < -0.4 is 4.90 Å². The van der Waals surface area contributed by atoms with Crippen LogP contribution >= 0.6 is 0 Å². The highest BCUT2D eigenvalue weighted by Crippen LogP contribution is 2.50. The lowest BCUT2D eigenvalue weighted by Crippen LogP contribution is -2.32. The molecular formula is C15H17N7O. The van der Waals surface area contributed by atoms with Crippen LogP contribution in [-0.2, 0) is 5.41 Å². The Kier molecular flexibility index (Phi) is 2.54. The van der Waals surface area contributed by atoms with E-state index in [2.05, 4.69) is 30.2 Å². The summed E-state index contributed by atoms with van der Waals surface area (Å²) in [6.07, 6.45) is 8.85. The van der Waals surface area contributed by atoms with Crippen LogP contribution in [0.15, 0.2) is 23.2 Å². The van der Waals surface area contributed by atoms with E-state index in [1.165, 1.54) is 12.8 Å². The lowest BCUT2D eigenvalue weighted by atomic mass is 9.80. The number of hydrogen-bond donors (Lipinski definition) is 0. The third-order valence-electron chi connectivity index (χ3n) is 5.32. The average molecular weight is 311 g/mol. The van der Waals surface area contributed by atoms with E-state index in [9.17, 15) is 0 Å². The summed E-state index contributed by atoms with van der Waals surface area (Å²) < 4.78 is 7.47. The van der Waals surface area contributed by atoms with Gasteiger partial charge in [0.25, 0.3) is 0 Å². The maximum atomic E-state index is 5.57. The highest BCUT2D eigenvalue weighted by atomic mass is 16.5. The fourth-order valence-corrected chi connectivity index (χ4v) is 4.27. The zero-order chi connectivity index (χ0) is 15.4. The largest absolute Gasteiger partial charge is 0.352 e. The molecule has 1 saturated carbocycles. The summed E-state index contributed by atoms with van der Waals surface area (Å²) in [5.41, 5.74) is 0.750. The minimum absolute atomic E-state index is 0.0458. The van der Waals surface area contributed by atoms with Crippen molar-refractivity contribution < 1.29 is 4.52 Å². The van der Waals surface area contributed by atoms with E-state index in [-0.39, 0.29) is 5.41 Å². The fraction of sp³-hybridized carbons (Fsp3) is 0.533. The highest BCUT2D eigenvalue weighted by Gasteiger charge is 2.54. The van der Waals surface area contributed by atoms with Gasteiger partial charge >= 0.3 is 0 Å². The van der Waals surface area contributed by atoms with E-state index >= 15 is 0 Å². The normalized spacial score (nSPS) is 27.0. The molecule has 3 aromatic heterocycles. The molecule has 0 amide bonds. The molecule has 2 fully saturated rings. The molecule has 0 aromatic carbocycles. The topological polar surface area (TPSA) is 85.2 Å². The number of anilines is 1. The summed E-state index contributed by atoms with van der Waals surface area (Å²) in [6.45, 7) is 3.67. The van der Waals surface area contributed by atoms with Gasteiger partial charge in [0.15, 0.2) is 11.6 Å². The van der Waals surface area contributed by atoms with Gasteiger partial charge in [-0.25, -0.2) is 4.98 Å². The maximum absolute atomic E-state index is 5.57. The van der Waals surface area contributed by atoms with E-state index < -0.39 is 0 Å². The second-order valence-electron chi connectivity index (χ2n) is 6.59. The van der Waals surface area contributed by atoms with Crippen LogP contribution in [0.4, 0.5) is 5.82 Å². The molecule has 0 spiro atoms. The van der Waals surface area contributed by atoms with Gasteiger partial charge in [0, 0.05) is 25.5 Å². The Balaban J connectivity index is 1.57. The Morgan fingerprint density at radius 3 is 3.22 bits per heavy atom. The van der Waals surface area contributed by atoms with Gasteiger partial charge < -0.3 is 9.42 Å². The Morgan fingerprint density at radius 1 is 1.39 bits per heavy atom. The van der Waals surface area contributed by atoms with Crippen molar-refractivity contribution in [2.24, 2.45) is 5.92 Å². The van der Waals surface area contributed by atoms with Gasteiger partial charge in [-0.15, -0.1) is 10.2 Å². The summed E-state index contributed by atoms with van der Waals surface area (Å²) in [5, 5.41) is 12.2. The Bertz CT molecular complexity index is 871. The van der Waals surface area contributed by atoms with Gasteiger partial charge in [-0.2, -0.15) is 4.98 Å². The Labute approximate surface area is 132 Å². The summed E-state index contributed by atoms with van der Waals surface area (Å²) in [5.74, 6) is 2.90. The molecule has 0 unspecified atom stereocenters. The van der Waals surface area contributed by atoms with Crippen LogP contribution in [0.3, 0.4) is 0 Å². The van der Waals surface area contributed by atoms with Crippen LogP contribution in [0.1, 0.15) is 31.0 Å². The summed E-state index contributed by atoms with van der Waals surface area (Å²) in [7, 11) is 0. The van der Waals surface area contributed by atoms with Crippen LogP contribution in [0, 0.1) is 12.8 Å². The second-order valence-corrected chi connectivity index (χ2v) is 6.59. The molecular weight excluding hydrogens is 294 g/mol. The molecule has 8 nitrogen and oxygen atoms in total. The molecule has 2 aliphatic rings. The zero-order valence-electron chi connectivity index (χ0n) is 12.9.